The van der Waals surface area contributed by atoms with Gasteiger partial charge in [-0.1, -0.05) is 18.5 Å². The van der Waals surface area contributed by atoms with E-state index in [9.17, 15) is 5.11 Å². The Morgan fingerprint density at radius 2 is 2.18 bits per heavy atom. The van der Waals surface area contributed by atoms with Crippen LogP contribution in [0.15, 0.2) is 12.1 Å². The topological polar surface area (TPSA) is 38.7 Å². The van der Waals surface area contributed by atoms with Crippen molar-refractivity contribution in [1.82, 2.24) is 0 Å². The first kappa shape index (κ1) is 14.5. The molecule has 1 rings (SSSR count). The van der Waals surface area contributed by atoms with E-state index in [0.717, 1.165) is 11.5 Å². The van der Waals surface area contributed by atoms with Crippen LogP contribution in [0.4, 0.5) is 0 Å². The van der Waals surface area contributed by atoms with Gasteiger partial charge in [0.25, 0.3) is 0 Å². The van der Waals surface area contributed by atoms with Gasteiger partial charge in [-0.3, -0.25) is 0 Å². The smallest absolute Gasteiger partial charge is 0.166 e. The summed E-state index contributed by atoms with van der Waals surface area (Å²) in [5, 5.41) is 9.80. The van der Waals surface area contributed by atoms with E-state index in [2.05, 4.69) is 6.92 Å². The molecule has 1 aromatic carbocycles. The first-order chi connectivity index (χ1) is 8.22. The molecule has 5 heteroatoms. The predicted octanol–water partition coefficient (Wildman–Crippen LogP) is 2.97. The molecule has 0 saturated heterocycles. The largest absolute Gasteiger partial charge is 0.493 e. The summed E-state index contributed by atoms with van der Waals surface area (Å²) in [7, 11) is 1.56. The van der Waals surface area contributed by atoms with E-state index < -0.39 is 0 Å². The molecule has 0 fully saturated rings. The van der Waals surface area contributed by atoms with Crippen LogP contribution in [0.25, 0.3) is 0 Å². The van der Waals surface area contributed by atoms with Crippen molar-refractivity contribution in [1.29, 1.82) is 0 Å². The Labute approximate surface area is 111 Å². The van der Waals surface area contributed by atoms with Gasteiger partial charge in [-0.2, -0.15) is 11.8 Å². The van der Waals surface area contributed by atoms with Crippen molar-refractivity contribution in [3.8, 4) is 11.5 Å². The van der Waals surface area contributed by atoms with Crippen molar-refractivity contribution in [2.75, 3.05) is 25.2 Å². The summed E-state index contributed by atoms with van der Waals surface area (Å²) in [6, 6.07) is 3.37. The zero-order chi connectivity index (χ0) is 12.7. The predicted molar refractivity (Wildman–Crippen MR) is 72.4 cm³/mol. The second-order valence-electron chi connectivity index (χ2n) is 3.30. The standard InChI is InChI=1S/C12H17ClO3S/c1-3-17-5-4-16-12-9(8-14)6-10(13)7-11(12)15-2/h6-7,14H,3-5,8H2,1-2H3. The van der Waals surface area contributed by atoms with E-state index in [0.29, 0.717) is 28.7 Å². The first-order valence-corrected chi connectivity index (χ1v) is 6.94. The Balaban J connectivity index is 2.79. The molecule has 0 unspecified atom stereocenters. The second-order valence-corrected chi connectivity index (χ2v) is 5.13. The fourth-order valence-corrected chi connectivity index (χ4v) is 2.12. The molecule has 0 aromatic heterocycles. The average molecular weight is 277 g/mol. The van der Waals surface area contributed by atoms with Crippen LogP contribution in [0, 0.1) is 0 Å². The molecule has 0 heterocycles. The molecule has 96 valence electrons. The van der Waals surface area contributed by atoms with Gasteiger partial charge in [-0.05, 0) is 11.8 Å². The SMILES string of the molecule is CCSCCOc1c(CO)cc(Cl)cc1OC. The average Bonchev–Trinajstić information content (AvgIpc) is 2.35. The van der Waals surface area contributed by atoms with E-state index in [1.807, 2.05) is 0 Å². The number of hydrogen-bond acceptors (Lipinski definition) is 4. The highest BCUT2D eigenvalue weighted by atomic mass is 35.5. The van der Waals surface area contributed by atoms with Crippen LogP contribution < -0.4 is 9.47 Å². The number of ether oxygens (including phenoxy) is 2. The summed E-state index contributed by atoms with van der Waals surface area (Å²) >= 11 is 7.72. The quantitative estimate of drug-likeness (QED) is 0.777. The lowest BCUT2D eigenvalue weighted by molar-refractivity contribution is 0.261. The molecule has 0 spiro atoms. The van der Waals surface area contributed by atoms with Crippen LogP contribution in [0.5, 0.6) is 11.5 Å². The lowest BCUT2D eigenvalue weighted by Gasteiger charge is -2.14. The molecule has 0 radical (unpaired) electrons. The third kappa shape index (κ3) is 4.30. The Bertz CT molecular complexity index is 333. The van der Waals surface area contributed by atoms with Crippen LogP contribution >= 0.6 is 23.4 Å². The Morgan fingerprint density at radius 1 is 1.41 bits per heavy atom. The number of rotatable bonds is 7. The molecular weight excluding hydrogens is 260 g/mol. The molecule has 3 nitrogen and oxygen atoms in total. The normalized spacial score (nSPS) is 10.4. The van der Waals surface area contributed by atoms with Gasteiger partial charge in [0.05, 0.1) is 20.3 Å². The lowest BCUT2D eigenvalue weighted by atomic mass is 10.2. The van der Waals surface area contributed by atoms with Gasteiger partial charge in [0.1, 0.15) is 0 Å². The second kappa shape index (κ2) is 7.69. The van der Waals surface area contributed by atoms with Gasteiger partial charge in [-0.25, -0.2) is 0 Å². The van der Waals surface area contributed by atoms with E-state index in [4.69, 9.17) is 21.1 Å². The summed E-state index contributed by atoms with van der Waals surface area (Å²) in [5.41, 5.74) is 0.649. The molecule has 0 saturated carbocycles. The molecule has 1 aromatic rings. The fourth-order valence-electron chi connectivity index (χ4n) is 1.40. The van der Waals surface area contributed by atoms with Crippen LogP contribution in [-0.2, 0) is 6.61 Å². The highest BCUT2D eigenvalue weighted by Crippen LogP contribution is 2.34. The minimum atomic E-state index is -0.118. The van der Waals surface area contributed by atoms with Crippen molar-refractivity contribution >= 4 is 23.4 Å². The van der Waals surface area contributed by atoms with Gasteiger partial charge in [0.2, 0.25) is 0 Å². The molecule has 1 N–H and O–H groups in total. The molecule has 0 aliphatic rings. The summed E-state index contributed by atoms with van der Waals surface area (Å²) in [5.74, 6) is 3.11. The Kier molecular flexibility index (Phi) is 6.55. The van der Waals surface area contributed by atoms with Gasteiger partial charge in [-0.15, -0.1) is 0 Å². The maximum Gasteiger partial charge on any atom is 0.166 e. The maximum atomic E-state index is 9.27. The van der Waals surface area contributed by atoms with Gasteiger partial charge in [0.15, 0.2) is 11.5 Å². The molecule has 0 amide bonds. The minimum absolute atomic E-state index is 0.118. The van der Waals surface area contributed by atoms with Gasteiger partial charge in [0, 0.05) is 22.4 Å². The molecule has 0 aliphatic carbocycles. The molecule has 0 aliphatic heterocycles. The Hall–Kier alpha value is -0.580. The van der Waals surface area contributed by atoms with Crippen LogP contribution in [0.2, 0.25) is 5.02 Å². The van der Waals surface area contributed by atoms with Crippen molar-refractivity contribution in [3.05, 3.63) is 22.7 Å². The van der Waals surface area contributed by atoms with E-state index in [1.54, 1.807) is 31.0 Å². The lowest BCUT2D eigenvalue weighted by Crippen LogP contribution is -2.04. The molecule has 0 atom stereocenters. The van der Waals surface area contributed by atoms with Crippen LogP contribution in [-0.4, -0.2) is 30.3 Å². The Morgan fingerprint density at radius 3 is 2.76 bits per heavy atom. The number of hydrogen-bond donors (Lipinski definition) is 1. The van der Waals surface area contributed by atoms with Crippen LogP contribution in [0.1, 0.15) is 12.5 Å². The van der Waals surface area contributed by atoms with Gasteiger partial charge < -0.3 is 14.6 Å². The first-order valence-electron chi connectivity index (χ1n) is 5.40. The van der Waals surface area contributed by atoms with E-state index in [1.165, 1.54) is 0 Å². The summed E-state index contributed by atoms with van der Waals surface area (Å²) in [6.07, 6.45) is 0. The third-order valence-corrected chi connectivity index (χ3v) is 3.25. The monoisotopic (exact) mass is 276 g/mol. The zero-order valence-electron chi connectivity index (χ0n) is 10.0. The summed E-state index contributed by atoms with van der Waals surface area (Å²) < 4.78 is 10.8. The third-order valence-electron chi connectivity index (χ3n) is 2.16. The van der Waals surface area contributed by atoms with Crippen molar-refractivity contribution in [3.63, 3.8) is 0 Å². The number of thioether (sulfide) groups is 1. The maximum absolute atomic E-state index is 9.27. The number of aliphatic hydroxyl groups is 1. The van der Waals surface area contributed by atoms with Gasteiger partial charge >= 0.3 is 0 Å². The number of methoxy groups -OCH3 is 1. The van der Waals surface area contributed by atoms with E-state index in [-0.39, 0.29) is 6.61 Å². The zero-order valence-corrected chi connectivity index (χ0v) is 11.6. The van der Waals surface area contributed by atoms with Crippen molar-refractivity contribution in [2.45, 2.75) is 13.5 Å². The van der Waals surface area contributed by atoms with Crippen molar-refractivity contribution in [2.24, 2.45) is 0 Å². The number of halogens is 1. The van der Waals surface area contributed by atoms with Crippen molar-refractivity contribution < 1.29 is 14.6 Å². The molecule has 0 bridgehead atoms. The highest BCUT2D eigenvalue weighted by molar-refractivity contribution is 7.99. The molecule has 17 heavy (non-hydrogen) atoms. The molecular formula is C12H17ClO3S. The van der Waals surface area contributed by atoms with E-state index >= 15 is 0 Å². The number of aliphatic hydroxyl groups excluding tert-OH is 1. The highest BCUT2D eigenvalue weighted by Gasteiger charge is 2.12. The fraction of sp³-hybridized carbons (Fsp3) is 0.500. The summed E-state index contributed by atoms with van der Waals surface area (Å²) in [6.45, 7) is 2.57. The minimum Gasteiger partial charge on any atom is -0.493 e. The van der Waals surface area contributed by atoms with Crippen LogP contribution in [0.3, 0.4) is 0 Å². The summed E-state index contributed by atoms with van der Waals surface area (Å²) in [4.78, 5) is 0. The number of benzene rings is 1.